The summed E-state index contributed by atoms with van der Waals surface area (Å²) in [7, 11) is 4.11. The lowest BCUT2D eigenvalue weighted by atomic mass is 10.1. The number of aryl methyl sites for hydroxylation is 1. The summed E-state index contributed by atoms with van der Waals surface area (Å²) >= 11 is 1.41. The van der Waals surface area contributed by atoms with Gasteiger partial charge in [0.2, 0.25) is 0 Å². The fourth-order valence-electron chi connectivity index (χ4n) is 3.77. The van der Waals surface area contributed by atoms with Gasteiger partial charge in [-0.3, -0.25) is 20.1 Å². The second kappa shape index (κ2) is 10.9. The highest BCUT2D eigenvalue weighted by atomic mass is 32.2. The molecule has 0 saturated heterocycles. The number of benzene rings is 2. The molecule has 0 radical (unpaired) electrons. The molecule has 0 bridgehead atoms. The van der Waals surface area contributed by atoms with Gasteiger partial charge in [-0.25, -0.2) is 9.97 Å². The monoisotopic (exact) mass is 516 g/mol. The average molecular weight is 517 g/mol. The van der Waals surface area contributed by atoms with E-state index in [1.54, 1.807) is 6.07 Å². The van der Waals surface area contributed by atoms with Gasteiger partial charge in [0.05, 0.1) is 23.2 Å². The molecule has 0 fully saturated rings. The van der Waals surface area contributed by atoms with Crippen molar-refractivity contribution in [1.29, 1.82) is 0 Å². The Morgan fingerprint density at radius 1 is 1.00 bits per heavy atom. The van der Waals surface area contributed by atoms with Crippen LogP contribution in [0.15, 0.2) is 69.4 Å². The van der Waals surface area contributed by atoms with Crippen molar-refractivity contribution in [1.82, 2.24) is 35.3 Å². The van der Waals surface area contributed by atoms with E-state index in [2.05, 4.69) is 44.7 Å². The number of nitrogens with zero attached hydrogens (tertiary/aromatic N) is 4. The third-order valence-corrected chi connectivity index (χ3v) is 6.45. The van der Waals surface area contributed by atoms with E-state index in [4.69, 9.17) is 14.7 Å². The van der Waals surface area contributed by atoms with E-state index in [0.717, 1.165) is 46.1 Å². The lowest BCUT2D eigenvalue weighted by Gasteiger charge is -2.11. The molecule has 37 heavy (non-hydrogen) atoms. The molecule has 3 aromatic heterocycles. The summed E-state index contributed by atoms with van der Waals surface area (Å²) in [6, 6.07) is 17.3. The quantitative estimate of drug-likeness (QED) is 0.157. The molecular formula is C26H28N8O2S. The van der Waals surface area contributed by atoms with Crippen LogP contribution in [0.3, 0.4) is 0 Å². The first-order valence-electron chi connectivity index (χ1n) is 11.9. The van der Waals surface area contributed by atoms with Crippen LogP contribution in [0.25, 0.3) is 22.2 Å². The minimum atomic E-state index is -0.143. The number of ether oxygens (including phenoxy) is 1. The maximum atomic E-state index is 11.8. The predicted molar refractivity (Wildman–Crippen MR) is 146 cm³/mol. The molecule has 190 valence electrons. The summed E-state index contributed by atoms with van der Waals surface area (Å²) in [4.78, 5) is 24.4. The van der Waals surface area contributed by atoms with E-state index in [1.807, 2.05) is 55.5 Å². The molecule has 0 saturated carbocycles. The Hall–Kier alpha value is -4.09. The first-order valence-corrected chi connectivity index (χ1v) is 12.7. The Morgan fingerprint density at radius 3 is 2.59 bits per heavy atom. The van der Waals surface area contributed by atoms with Crippen molar-refractivity contribution in [2.45, 2.75) is 23.4 Å². The standard InChI is InChI=1S/C26H28N8O2S/c1-16-13-24(32-30-16)28-23-15-21(17-5-7-18(8-6-17)36-12-4-11-34(2)3)27-26(29-23)37-19-9-10-20-22(14-19)31-33-25(20)35/h5-10,13-15H,4,11-12H2,1-3H3,(H2,31,33,35)(H2,27,28,29,30,32). The maximum absolute atomic E-state index is 11.8. The van der Waals surface area contributed by atoms with Gasteiger partial charge in [-0.2, -0.15) is 5.10 Å². The van der Waals surface area contributed by atoms with Crippen LogP contribution in [0, 0.1) is 6.92 Å². The maximum Gasteiger partial charge on any atom is 0.271 e. The second-order valence-corrected chi connectivity index (χ2v) is 9.94. The summed E-state index contributed by atoms with van der Waals surface area (Å²) in [6.07, 6.45) is 0.964. The normalized spacial score (nSPS) is 11.4. The number of hydrogen-bond acceptors (Lipinski definition) is 8. The fourth-order valence-corrected chi connectivity index (χ4v) is 4.59. The minimum Gasteiger partial charge on any atom is -0.494 e. The fraction of sp³-hybridized carbons (Fsp3) is 0.231. The number of aromatic amines is 3. The molecule has 4 N–H and O–H groups in total. The van der Waals surface area contributed by atoms with Crippen LogP contribution in [-0.2, 0) is 0 Å². The van der Waals surface area contributed by atoms with Crippen molar-refractivity contribution in [3.05, 3.63) is 70.6 Å². The zero-order chi connectivity index (χ0) is 25.8. The molecule has 0 aliphatic heterocycles. The van der Waals surface area contributed by atoms with Crippen LogP contribution < -0.4 is 15.6 Å². The minimum absolute atomic E-state index is 0.143. The highest BCUT2D eigenvalue weighted by Gasteiger charge is 2.12. The zero-order valence-corrected chi connectivity index (χ0v) is 21.6. The highest BCUT2D eigenvalue weighted by Crippen LogP contribution is 2.31. The number of fused-ring (bicyclic) bond motifs is 1. The molecule has 0 unspecified atom stereocenters. The first-order chi connectivity index (χ1) is 17.9. The van der Waals surface area contributed by atoms with Gasteiger partial charge < -0.3 is 15.0 Å². The van der Waals surface area contributed by atoms with Gasteiger partial charge >= 0.3 is 0 Å². The number of hydrogen-bond donors (Lipinski definition) is 4. The number of anilines is 2. The average Bonchev–Trinajstić information content (AvgIpc) is 3.46. The molecule has 0 spiro atoms. The Balaban J connectivity index is 1.40. The molecular weight excluding hydrogens is 488 g/mol. The van der Waals surface area contributed by atoms with Crippen LogP contribution in [0.5, 0.6) is 5.75 Å². The van der Waals surface area contributed by atoms with Crippen LogP contribution in [0.1, 0.15) is 12.1 Å². The van der Waals surface area contributed by atoms with Gasteiger partial charge in [0.15, 0.2) is 11.0 Å². The molecule has 10 nitrogen and oxygen atoms in total. The van der Waals surface area contributed by atoms with Crippen molar-refractivity contribution in [2.75, 3.05) is 32.6 Å². The van der Waals surface area contributed by atoms with Gasteiger partial charge in [-0.1, -0.05) is 0 Å². The Labute approximate surface area is 217 Å². The molecule has 0 aliphatic carbocycles. The topological polar surface area (TPSA) is 128 Å². The number of H-pyrrole nitrogens is 3. The molecule has 3 heterocycles. The molecule has 2 aromatic carbocycles. The summed E-state index contributed by atoms with van der Waals surface area (Å²) in [5.41, 5.74) is 3.24. The van der Waals surface area contributed by atoms with Crippen LogP contribution >= 0.6 is 11.8 Å². The summed E-state index contributed by atoms with van der Waals surface area (Å²) in [5, 5.41) is 17.1. The van der Waals surface area contributed by atoms with E-state index < -0.39 is 0 Å². The highest BCUT2D eigenvalue weighted by molar-refractivity contribution is 7.99. The molecule has 0 amide bonds. The van der Waals surface area contributed by atoms with Gasteiger partial charge in [-0.05, 0) is 81.7 Å². The van der Waals surface area contributed by atoms with E-state index in [-0.39, 0.29) is 5.56 Å². The van der Waals surface area contributed by atoms with Crippen molar-refractivity contribution in [3.63, 3.8) is 0 Å². The molecule has 5 rings (SSSR count). The molecule has 11 heteroatoms. The number of rotatable bonds is 10. The van der Waals surface area contributed by atoms with Gasteiger partial charge in [-0.15, -0.1) is 0 Å². The van der Waals surface area contributed by atoms with Crippen LogP contribution in [-0.4, -0.2) is 62.5 Å². The summed E-state index contributed by atoms with van der Waals surface area (Å²) in [6.45, 7) is 3.59. The van der Waals surface area contributed by atoms with Gasteiger partial charge in [0.25, 0.3) is 5.56 Å². The largest absolute Gasteiger partial charge is 0.494 e. The van der Waals surface area contributed by atoms with Crippen molar-refractivity contribution in [3.8, 4) is 17.0 Å². The SMILES string of the molecule is Cc1cc(Nc2cc(-c3ccc(OCCCN(C)C)cc3)nc(Sc3ccc4c(=O)[nH][nH]c4c3)n2)n[nH]1. The van der Waals surface area contributed by atoms with Crippen LogP contribution in [0.2, 0.25) is 0 Å². The van der Waals surface area contributed by atoms with Gasteiger partial charge in [0, 0.05) is 34.8 Å². The molecule has 0 atom stereocenters. The lowest BCUT2D eigenvalue weighted by Crippen LogP contribution is -2.15. The summed E-state index contributed by atoms with van der Waals surface area (Å²) in [5.74, 6) is 2.12. The van der Waals surface area contributed by atoms with Crippen molar-refractivity contribution in [2.24, 2.45) is 0 Å². The third kappa shape index (κ3) is 6.19. The lowest BCUT2D eigenvalue weighted by molar-refractivity contribution is 0.281. The van der Waals surface area contributed by atoms with E-state index in [1.165, 1.54) is 11.8 Å². The van der Waals surface area contributed by atoms with E-state index >= 15 is 0 Å². The summed E-state index contributed by atoms with van der Waals surface area (Å²) < 4.78 is 5.88. The van der Waals surface area contributed by atoms with Crippen LogP contribution in [0.4, 0.5) is 11.6 Å². The number of aromatic nitrogens is 6. The third-order valence-electron chi connectivity index (χ3n) is 5.59. The Kier molecular flexibility index (Phi) is 7.24. The van der Waals surface area contributed by atoms with Gasteiger partial charge in [0.1, 0.15) is 11.6 Å². The van der Waals surface area contributed by atoms with E-state index in [0.29, 0.717) is 28.8 Å². The number of nitrogens with one attached hydrogen (secondary N) is 4. The van der Waals surface area contributed by atoms with Crippen molar-refractivity contribution >= 4 is 34.3 Å². The Bertz CT molecular complexity index is 1560. The smallest absolute Gasteiger partial charge is 0.271 e. The molecule has 0 aliphatic rings. The predicted octanol–water partition coefficient (Wildman–Crippen LogP) is 4.57. The second-order valence-electron chi connectivity index (χ2n) is 8.90. The zero-order valence-electron chi connectivity index (χ0n) is 20.8. The van der Waals surface area contributed by atoms with E-state index in [9.17, 15) is 4.79 Å². The van der Waals surface area contributed by atoms with Crippen molar-refractivity contribution < 1.29 is 4.74 Å². The first kappa shape index (κ1) is 24.6. The molecule has 5 aromatic rings. The Morgan fingerprint density at radius 2 is 1.84 bits per heavy atom.